The molecule has 0 unspecified atom stereocenters. The molecule has 0 radical (unpaired) electrons. The molecule has 2 heterocycles. The second-order valence-corrected chi connectivity index (χ2v) is 8.56. The Morgan fingerprint density at radius 1 is 1.12 bits per heavy atom. The summed E-state index contributed by atoms with van der Waals surface area (Å²) in [7, 11) is 0. The second-order valence-electron chi connectivity index (χ2n) is 8.56. The van der Waals surface area contributed by atoms with Crippen molar-refractivity contribution >= 4 is 23.3 Å². The van der Waals surface area contributed by atoms with Gasteiger partial charge in [-0.1, -0.05) is 43.3 Å². The number of anilines is 2. The number of rotatable bonds is 7. The lowest BCUT2D eigenvalue weighted by atomic mass is 9.91. The smallest absolute Gasteiger partial charge is 0.316 e. The van der Waals surface area contributed by atoms with Crippen LogP contribution >= 0.6 is 0 Å². The van der Waals surface area contributed by atoms with Gasteiger partial charge in [0.05, 0.1) is 6.26 Å². The maximum absolute atomic E-state index is 13.5. The zero-order valence-electron chi connectivity index (χ0n) is 18.8. The summed E-state index contributed by atoms with van der Waals surface area (Å²) in [4.78, 5) is 29.1. The van der Waals surface area contributed by atoms with E-state index in [-0.39, 0.29) is 17.9 Å². The van der Waals surface area contributed by atoms with Crippen molar-refractivity contribution < 1.29 is 14.0 Å². The van der Waals surface area contributed by atoms with E-state index in [4.69, 9.17) is 10.2 Å². The van der Waals surface area contributed by atoms with Crippen LogP contribution in [0.15, 0.2) is 77.4 Å². The summed E-state index contributed by atoms with van der Waals surface area (Å²) in [6.07, 6.45) is 3.36. The van der Waals surface area contributed by atoms with Crippen LogP contribution in [0, 0.1) is 5.92 Å². The van der Waals surface area contributed by atoms with Crippen LogP contribution in [0.1, 0.15) is 29.5 Å². The van der Waals surface area contributed by atoms with Gasteiger partial charge in [0.2, 0.25) is 0 Å². The number of furan rings is 1. The van der Waals surface area contributed by atoms with Crippen molar-refractivity contribution in [2.45, 2.75) is 25.8 Å². The first-order valence-electron chi connectivity index (χ1n) is 11.3. The van der Waals surface area contributed by atoms with Gasteiger partial charge in [0.1, 0.15) is 0 Å². The minimum absolute atomic E-state index is 0.000552. The molecule has 7 nitrogen and oxygen atoms in total. The standard InChI is InChI=1S/C26H30N4O3/c1-19-18-29(14-12-20-7-3-2-4-8-20)15-13-23(19)30(25(31)24-11-6-16-33-24)22-10-5-9-21(17-22)28-26(27)32/h2-11,16-17,19,23H,12-15,18H2,1H3,(H3,27,28,32)/t19-,23+/m1/s1. The molecule has 3 aromatic rings. The van der Waals surface area contributed by atoms with Crippen LogP contribution in [0.25, 0.3) is 0 Å². The number of nitrogens with two attached hydrogens (primary N) is 1. The number of benzene rings is 2. The van der Waals surface area contributed by atoms with Gasteiger partial charge in [-0.25, -0.2) is 4.79 Å². The molecule has 33 heavy (non-hydrogen) atoms. The minimum Gasteiger partial charge on any atom is -0.459 e. The van der Waals surface area contributed by atoms with Gasteiger partial charge < -0.3 is 25.3 Å². The molecule has 2 atom stereocenters. The largest absolute Gasteiger partial charge is 0.459 e. The fourth-order valence-electron chi connectivity index (χ4n) is 4.59. The number of carbonyl (C=O) groups is 2. The highest BCUT2D eigenvalue weighted by atomic mass is 16.3. The van der Waals surface area contributed by atoms with E-state index < -0.39 is 6.03 Å². The molecule has 0 bridgehead atoms. The zero-order valence-corrected chi connectivity index (χ0v) is 18.8. The molecule has 172 valence electrons. The van der Waals surface area contributed by atoms with Crippen LogP contribution in [0.3, 0.4) is 0 Å². The molecule has 3 amide bonds. The van der Waals surface area contributed by atoms with Gasteiger partial charge in [0.25, 0.3) is 5.91 Å². The van der Waals surface area contributed by atoms with Crippen molar-refractivity contribution in [3.05, 3.63) is 84.3 Å². The summed E-state index contributed by atoms with van der Waals surface area (Å²) >= 11 is 0. The fourth-order valence-corrected chi connectivity index (χ4v) is 4.59. The van der Waals surface area contributed by atoms with Crippen molar-refractivity contribution in [1.29, 1.82) is 0 Å². The van der Waals surface area contributed by atoms with Crippen LogP contribution in [0.5, 0.6) is 0 Å². The van der Waals surface area contributed by atoms with Crippen molar-refractivity contribution in [3.63, 3.8) is 0 Å². The van der Waals surface area contributed by atoms with Crippen molar-refractivity contribution in [3.8, 4) is 0 Å². The first-order valence-corrected chi connectivity index (χ1v) is 11.3. The third kappa shape index (κ3) is 5.62. The van der Waals surface area contributed by atoms with Crippen molar-refractivity contribution in [2.75, 3.05) is 29.9 Å². The molecule has 0 spiro atoms. The van der Waals surface area contributed by atoms with Gasteiger partial charge in [0.15, 0.2) is 5.76 Å². The highest BCUT2D eigenvalue weighted by molar-refractivity contribution is 6.05. The number of nitrogens with zero attached hydrogens (tertiary/aromatic N) is 2. The Kier molecular flexibility index (Phi) is 7.10. The molecule has 7 heteroatoms. The number of primary amides is 1. The monoisotopic (exact) mass is 446 g/mol. The Balaban J connectivity index is 1.52. The second kappa shape index (κ2) is 10.4. The molecule has 2 aromatic carbocycles. The molecule has 1 fully saturated rings. The van der Waals surface area contributed by atoms with E-state index in [0.29, 0.717) is 17.1 Å². The van der Waals surface area contributed by atoms with E-state index in [1.165, 1.54) is 11.8 Å². The lowest BCUT2D eigenvalue weighted by Gasteiger charge is -2.42. The number of nitrogens with one attached hydrogen (secondary N) is 1. The van der Waals surface area contributed by atoms with Crippen LogP contribution in [-0.4, -0.2) is 42.5 Å². The van der Waals surface area contributed by atoms with Crippen LogP contribution < -0.4 is 16.0 Å². The molecule has 1 saturated heterocycles. The van der Waals surface area contributed by atoms with E-state index in [2.05, 4.69) is 41.4 Å². The molecular formula is C26H30N4O3. The number of hydrogen-bond acceptors (Lipinski definition) is 4. The summed E-state index contributed by atoms with van der Waals surface area (Å²) in [5.74, 6) is 0.356. The Labute approximate surface area is 194 Å². The topological polar surface area (TPSA) is 91.8 Å². The molecule has 1 aliphatic rings. The van der Waals surface area contributed by atoms with E-state index in [0.717, 1.165) is 32.5 Å². The summed E-state index contributed by atoms with van der Waals surface area (Å²) in [5, 5.41) is 2.60. The average molecular weight is 447 g/mol. The quantitative estimate of drug-likeness (QED) is 0.564. The van der Waals surface area contributed by atoms with Gasteiger partial charge in [-0.3, -0.25) is 4.79 Å². The lowest BCUT2D eigenvalue weighted by molar-refractivity contribution is 0.0906. The molecule has 1 aliphatic heterocycles. The van der Waals surface area contributed by atoms with Crippen molar-refractivity contribution in [2.24, 2.45) is 11.7 Å². The third-order valence-corrected chi connectivity index (χ3v) is 6.18. The fraction of sp³-hybridized carbons (Fsp3) is 0.308. The van der Waals surface area contributed by atoms with Crippen LogP contribution in [-0.2, 0) is 6.42 Å². The predicted octanol–water partition coefficient (Wildman–Crippen LogP) is 4.37. The van der Waals surface area contributed by atoms with E-state index in [9.17, 15) is 9.59 Å². The third-order valence-electron chi connectivity index (χ3n) is 6.18. The Morgan fingerprint density at radius 2 is 1.94 bits per heavy atom. The van der Waals surface area contributed by atoms with Gasteiger partial charge in [-0.15, -0.1) is 0 Å². The van der Waals surface area contributed by atoms with Gasteiger partial charge in [-0.05, 0) is 54.7 Å². The van der Waals surface area contributed by atoms with Gasteiger partial charge >= 0.3 is 6.03 Å². The minimum atomic E-state index is -0.642. The average Bonchev–Trinajstić information content (AvgIpc) is 3.35. The lowest BCUT2D eigenvalue weighted by Crippen LogP contribution is -2.52. The van der Waals surface area contributed by atoms with Gasteiger partial charge in [-0.2, -0.15) is 0 Å². The first-order chi connectivity index (χ1) is 16.0. The summed E-state index contributed by atoms with van der Waals surface area (Å²) in [5.41, 5.74) is 7.87. The first kappa shape index (κ1) is 22.6. The number of piperidine rings is 1. The van der Waals surface area contributed by atoms with E-state index in [1.54, 1.807) is 24.3 Å². The summed E-state index contributed by atoms with van der Waals surface area (Å²) < 4.78 is 5.44. The number of carbonyl (C=O) groups excluding carboxylic acids is 2. The molecule has 1 aromatic heterocycles. The maximum Gasteiger partial charge on any atom is 0.316 e. The maximum atomic E-state index is 13.5. The predicted molar refractivity (Wildman–Crippen MR) is 129 cm³/mol. The Hall–Kier alpha value is -3.58. The Bertz CT molecular complexity index is 1070. The normalized spacial score (nSPS) is 18.6. The number of likely N-dealkylation sites (tertiary alicyclic amines) is 1. The SMILES string of the molecule is C[C@@H]1CN(CCc2ccccc2)CC[C@@H]1N(C(=O)c1ccco1)c1cccc(NC(N)=O)c1. The molecule has 0 saturated carbocycles. The molecule has 0 aliphatic carbocycles. The Morgan fingerprint density at radius 3 is 2.64 bits per heavy atom. The molecule has 4 rings (SSSR count). The van der Waals surface area contributed by atoms with Crippen LogP contribution in [0.2, 0.25) is 0 Å². The zero-order chi connectivity index (χ0) is 23.2. The highest BCUT2D eigenvalue weighted by Crippen LogP contribution is 2.31. The number of hydrogen-bond donors (Lipinski definition) is 2. The number of urea groups is 1. The van der Waals surface area contributed by atoms with E-state index in [1.807, 2.05) is 23.1 Å². The van der Waals surface area contributed by atoms with Gasteiger partial charge in [0, 0.05) is 37.1 Å². The number of amides is 3. The molecular weight excluding hydrogens is 416 g/mol. The summed E-state index contributed by atoms with van der Waals surface area (Å²) in [6, 6.07) is 20.5. The van der Waals surface area contributed by atoms with E-state index >= 15 is 0 Å². The highest BCUT2D eigenvalue weighted by Gasteiger charge is 2.35. The molecule has 3 N–H and O–H groups in total. The van der Waals surface area contributed by atoms with Crippen LogP contribution in [0.4, 0.5) is 16.2 Å². The van der Waals surface area contributed by atoms with Crippen molar-refractivity contribution in [1.82, 2.24) is 4.90 Å². The summed E-state index contributed by atoms with van der Waals surface area (Å²) in [6.45, 7) is 4.99.